The lowest BCUT2D eigenvalue weighted by atomic mass is 10.3. The molecule has 3 heterocycles. The molecule has 1 aliphatic rings. The van der Waals surface area contributed by atoms with E-state index in [2.05, 4.69) is 4.98 Å². The van der Waals surface area contributed by atoms with E-state index in [4.69, 9.17) is 0 Å². The predicted molar refractivity (Wildman–Crippen MR) is 118 cm³/mol. The molecule has 4 rings (SSSR count). The number of amides is 1. The van der Waals surface area contributed by atoms with Gasteiger partial charge in [0.05, 0.1) is 14.5 Å². The standard InChI is InChI=1S/C19H21FN4O3S3/c1-22(2)19-21-17-15(29-19)12-16(28-17)18(25)23-8-3-9-24(11-10-23)30(26,27)14-6-4-13(20)5-7-14/h4-7,12H,3,8-11H2,1-2H3. The summed E-state index contributed by atoms with van der Waals surface area (Å²) in [5.41, 5.74) is 0. The van der Waals surface area contributed by atoms with Gasteiger partial charge < -0.3 is 9.80 Å². The minimum absolute atomic E-state index is 0.0601. The first-order valence-corrected chi connectivity index (χ1v) is 12.5. The quantitative estimate of drug-likeness (QED) is 0.588. The fraction of sp³-hybridized carbons (Fsp3) is 0.368. The van der Waals surface area contributed by atoms with E-state index in [-0.39, 0.29) is 17.3 Å². The van der Waals surface area contributed by atoms with Crippen molar-refractivity contribution in [3.05, 3.63) is 41.0 Å². The molecule has 30 heavy (non-hydrogen) atoms. The Labute approximate surface area is 182 Å². The number of anilines is 1. The normalized spacial score (nSPS) is 16.0. The number of thiazole rings is 1. The van der Waals surface area contributed by atoms with Crippen molar-refractivity contribution >= 4 is 53.3 Å². The van der Waals surface area contributed by atoms with Gasteiger partial charge in [-0.3, -0.25) is 4.79 Å². The molecule has 1 saturated heterocycles. The number of aromatic nitrogens is 1. The number of hydrogen-bond donors (Lipinski definition) is 0. The summed E-state index contributed by atoms with van der Waals surface area (Å²) in [6, 6.07) is 6.68. The average molecular weight is 469 g/mol. The van der Waals surface area contributed by atoms with Crippen molar-refractivity contribution in [2.45, 2.75) is 11.3 Å². The summed E-state index contributed by atoms with van der Waals surface area (Å²) in [5, 5.41) is 0.895. The van der Waals surface area contributed by atoms with E-state index >= 15 is 0 Å². The molecule has 0 N–H and O–H groups in total. The summed E-state index contributed by atoms with van der Waals surface area (Å²) < 4.78 is 41.2. The highest BCUT2D eigenvalue weighted by molar-refractivity contribution is 7.89. The molecule has 0 bridgehead atoms. The van der Waals surface area contributed by atoms with Crippen LogP contribution in [0, 0.1) is 5.82 Å². The Kier molecular flexibility index (Phi) is 5.80. The highest BCUT2D eigenvalue weighted by Gasteiger charge is 2.29. The first kappa shape index (κ1) is 21.2. The number of hydrogen-bond acceptors (Lipinski definition) is 7. The van der Waals surface area contributed by atoms with Crippen LogP contribution in [0.2, 0.25) is 0 Å². The second kappa shape index (κ2) is 8.22. The molecule has 0 saturated carbocycles. The Morgan fingerprint density at radius 1 is 1.10 bits per heavy atom. The number of halogens is 1. The zero-order valence-corrected chi connectivity index (χ0v) is 19.0. The molecule has 2 aromatic heterocycles. The van der Waals surface area contributed by atoms with Crippen LogP contribution in [0.15, 0.2) is 35.2 Å². The van der Waals surface area contributed by atoms with Gasteiger partial charge in [-0.25, -0.2) is 17.8 Å². The molecular formula is C19H21FN4O3S3. The molecule has 0 spiro atoms. The molecule has 1 fully saturated rings. The number of sulfonamides is 1. The molecular weight excluding hydrogens is 447 g/mol. The largest absolute Gasteiger partial charge is 0.354 e. The molecule has 0 atom stereocenters. The van der Waals surface area contributed by atoms with Gasteiger partial charge in [0.2, 0.25) is 10.0 Å². The molecule has 3 aromatic rings. The van der Waals surface area contributed by atoms with E-state index in [1.54, 1.807) is 4.90 Å². The summed E-state index contributed by atoms with van der Waals surface area (Å²) in [7, 11) is 0.134. The Hall–Kier alpha value is -2.08. The third kappa shape index (κ3) is 4.07. The van der Waals surface area contributed by atoms with Gasteiger partial charge in [-0.15, -0.1) is 11.3 Å². The predicted octanol–water partition coefficient (Wildman–Crippen LogP) is 3.10. The second-order valence-electron chi connectivity index (χ2n) is 7.17. The Balaban J connectivity index is 1.47. The lowest BCUT2D eigenvalue weighted by Crippen LogP contribution is -2.37. The minimum atomic E-state index is -3.72. The van der Waals surface area contributed by atoms with Crippen LogP contribution < -0.4 is 4.90 Å². The molecule has 0 unspecified atom stereocenters. The third-order valence-corrected chi connectivity index (χ3v) is 9.09. The van der Waals surface area contributed by atoms with Crippen LogP contribution in [0.25, 0.3) is 9.53 Å². The highest BCUT2D eigenvalue weighted by Crippen LogP contribution is 2.34. The van der Waals surface area contributed by atoms with Crippen LogP contribution in [0.1, 0.15) is 16.1 Å². The molecule has 7 nitrogen and oxygen atoms in total. The van der Waals surface area contributed by atoms with E-state index in [9.17, 15) is 17.6 Å². The second-order valence-corrected chi connectivity index (χ2v) is 11.2. The lowest BCUT2D eigenvalue weighted by Gasteiger charge is -2.21. The van der Waals surface area contributed by atoms with Gasteiger partial charge in [0.1, 0.15) is 10.6 Å². The van der Waals surface area contributed by atoms with Crippen molar-refractivity contribution in [1.82, 2.24) is 14.2 Å². The van der Waals surface area contributed by atoms with Crippen LogP contribution in [0.5, 0.6) is 0 Å². The molecule has 0 aliphatic carbocycles. The zero-order chi connectivity index (χ0) is 21.5. The van der Waals surface area contributed by atoms with Gasteiger partial charge in [-0.2, -0.15) is 4.31 Å². The number of benzene rings is 1. The smallest absolute Gasteiger partial charge is 0.264 e. The summed E-state index contributed by atoms with van der Waals surface area (Å²) in [6.07, 6.45) is 0.537. The lowest BCUT2D eigenvalue weighted by molar-refractivity contribution is 0.0769. The van der Waals surface area contributed by atoms with Crippen molar-refractivity contribution in [3.63, 3.8) is 0 Å². The highest BCUT2D eigenvalue weighted by atomic mass is 32.2. The van der Waals surface area contributed by atoms with Crippen molar-refractivity contribution in [1.29, 1.82) is 0 Å². The number of rotatable bonds is 4. The number of fused-ring (bicyclic) bond motifs is 1. The maximum absolute atomic E-state index is 13.1. The Morgan fingerprint density at radius 2 is 1.83 bits per heavy atom. The van der Waals surface area contributed by atoms with E-state index < -0.39 is 15.8 Å². The maximum Gasteiger partial charge on any atom is 0.264 e. The zero-order valence-electron chi connectivity index (χ0n) is 16.5. The van der Waals surface area contributed by atoms with E-state index in [0.29, 0.717) is 30.9 Å². The minimum Gasteiger partial charge on any atom is -0.354 e. The van der Waals surface area contributed by atoms with Crippen molar-refractivity contribution in [3.8, 4) is 0 Å². The summed E-state index contributed by atoms with van der Waals surface area (Å²) >= 11 is 2.90. The number of nitrogens with zero attached hydrogens (tertiary/aromatic N) is 4. The van der Waals surface area contributed by atoms with Gasteiger partial charge in [-0.1, -0.05) is 11.3 Å². The van der Waals surface area contributed by atoms with E-state index in [0.717, 1.165) is 26.8 Å². The van der Waals surface area contributed by atoms with Gasteiger partial charge >= 0.3 is 0 Å². The van der Waals surface area contributed by atoms with Gasteiger partial charge in [0.15, 0.2) is 5.13 Å². The van der Waals surface area contributed by atoms with Crippen LogP contribution in [-0.4, -0.2) is 68.8 Å². The summed E-state index contributed by atoms with van der Waals surface area (Å²) in [5.74, 6) is -0.581. The number of carbonyl (C=O) groups excluding carboxylic acids is 1. The van der Waals surface area contributed by atoms with Gasteiger partial charge in [0, 0.05) is 40.3 Å². The van der Waals surface area contributed by atoms with E-state index in [1.807, 2.05) is 25.1 Å². The molecule has 1 aromatic carbocycles. The van der Waals surface area contributed by atoms with Crippen molar-refractivity contribution < 1.29 is 17.6 Å². The van der Waals surface area contributed by atoms with Crippen LogP contribution in [0.4, 0.5) is 9.52 Å². The van der Waals surface area contributed by atoms with Crippen LogP contribution >= 0.6 is 22.7 Å². The van der Waals surface area contributed by atoms with Crippen LogP contribution in [0.3, 0.4) is 0 Å². The first-order valence-electron chi connectivity index (χ1n) is 9.38. The fourth-order valence-corrected chi connectivity index (χ4v) is 6.84. The third-order valence-electron chi connectivity index (χ3n) is 4.86. The van der Waals surface area contributed by atoms with Gasteiger partial charge in [0.25, 0.3) is 5.91 Å². The van der Waals surface area contributed by atoms with Gasteiger partial charge in [-0.05, 0) is 36.8 Å². The summed E-state index contributed by atoms with van der Waals surface area (Å²) in [6.45, 7) is 1.31. The Morgan fingerprint density at radius 3 is 2.50 bits per heavy atom. The monoisotopic (exact) mass is 468 g/mol. The first-order chi connectivity index (χ1) is 14.3. The SMILES string of the molecule is CN(C)c1nc2sc(C(=O)N3CCCN(S(=O)(=O)c4ccc(F)cc4)CC3)cc2s1. The van der Waals surface area contributed by atoms with E-state index in [1.165, 1.54) is 39.1 Å². The maximum atomic E-state index is 13.1. The van der Waals surface area contributed by atoms with Crippen molar-refractivity contribution in [2.75, 3.05) is 45.2 Å². The number of carbonyl (C=O) groups is 1. The molecule has 160 valence electrons. The molecule has 11 heteroatoms. The number of thiophene rings is 1. The molecule has 1 aliphatic heterocycles. The Bertz CT molecular complexity index is 1140. The van der Waals surface area contributed by atoms with Crippen molar-refractivity contribution in [2.24, 2.45) is 0 Å². The fourth-order valence-electron chi connectivity index (χ4n) is 3.27. The topological polar surface area (TPSA) is 73.8 Å². The average Bonchev–Trinajstić information content (AvgIpc) is 3.18. The van der Waals surface area contributed by atoms with Crippen LogP contribution in [-0.2, 0) is 10.0 Å². The molecule has 0 radical (unpaired) electrons. The summed E-state index contributed by atoms with van der Waals surface area (Å²) in [4.78, 5) is 22.7. The molecule has 1 amide bonds.